The lowest BCUT2D eigenvalue weighted by molar-refractivity contribution is 1.10. The largest absolute Gasteiger partial charge is 0.364 e. The van der Waals surface area contributed by atoms with Crippen molar-refractivity contribution in [3.8, 4) is 0 Å². The second kappa shape index (κ2) is 5.97. The summed E-state index contributed by atoms with van der Waals surface area (Å²) in [4.78, 5) is 12.4. The molecule has 3 heterocycles. The van der Waals surface area contributed by atoms with Gasteiger partial charge in [0, 0.05) is 9.75 Å². The fraction of sp³-hybridized carbons (Fsp3) is 0.286. The molecule has 4 N–H and O–H groups in total. The quantitative estimate of drug-likeness (QED) is 0.495. The fourth-order valence-electron chi connectivity index (χ4n) is 2.09. The van der Waals surface area contributed by atoms with Crippen LogP contribution in [-0.2, 0) is 13.0 Å². The summed E-state index contributed by atoms with van der Waals surface area (Å²) in [6.45, 7) is 5.02. The smallest absolute Gasteiger partial charge is 0.240 e. The van der Waals surface area contributed by atoms with Gasteiger partial charge in [-0.05, 0) is 36.4 Å². The van der Waals surface area contributed by atoms with Crippen LogP contribution in [0.3, 0.4) is 0 Å². The molecule has 0 saturated carbocycles. The predicted octanol–water partition coefficient (Wildman–Crippen LogP) is 3.52. The van der Waals surface area contributed by atoms with Gasteiger partial charge in [0.15, 0.2) is 0 Å². The highest BCUT2D eigenvalue weighted by molar-refractivity contribution is 7.18. The molecule has 3 aromatic rings. The van der Waals surface area contributed by atoms with Gasteiger partial charge in [-0.25, -0.2) is 10.8 Å². The third-order valence-corrected chi connectivity index (χ3v) is 5.50. The number of aromatic nitrogens is 2. The summed E-state index contributed by atoms with van der Waals surface area (Å²) >= 11 is 3.43. The molecule has 0 fully saturated rings. The summed E-state index contributed by atoms with van der Waals surface area (Å²) in [6.07, 6.45) is 0.996. The number of aryl methyl sites for hydroxylation is 2. The van der Waals surface area contributed by atoms with E-state index in [9.17, 15) is 0 Å². The van der Waals surface area contributed by atoms with Crippen LogP contribution in [0.1, 0.15) is 22.2 Å². The molecule has 0 unspecified atom stereocenters. The predicted molar refractivity (Wildman–Crippen MR) is 91.0 cm³/mol. The lowest BCUT2D eigenvalue weighted by Crippen LogP contribution is -2.12. The molecule has 0 atom stereocenters. The molecule has 3 aromatic heterocycles. The minimum Gasteiger partial charge on any atom is -0.364 e. The molecule has 0 spiro atoms. The summed E-state index contributed by atoms with van der Waals surface area (Å²) in [5, 5.41) is 6.58. The number of nitrogens with one attached hydrogen (secondary N) is 2. The molecule has 0 aliphatic rings. The first kappa shape index (κ1) is 14.2. The Balaban J connectivity index is 1.95. The molecule has 0 saturated heterocycles. The van der Waals surface area contributed by atoms with E-state index in [0.717, 1.165) is 29.0 Å². The molecule has 0 bridgehead atoms. The monoisotopic (exact) mass is 319 g/mol. The Hall–Kier alpha value is -1.70. The standard InChI is InChI=1S/C14H17N5S2/c1-3-9-6-10-12(16-7-11-8(2)4-5-20-11)17-14(19-15)18-13(10)21-9/h4-6H,3,7,15H2,1-2H3,(H2,16,17,18,19). The maximum absolute atomic E-state index is 5.47. The van der Waals surface area contributed by atoms with Gasteiger partial charge in [-0.1, -0.05) is 6.92 Å². The number of anilines is 2. The Morgan fingerprint density at radius 1 is 1.33 bits per heavy atom. The minimum absolute atomic E-state index is 0.442. The summed E-state index contributed by atoms with van der Waals surface area (Å²) in [6, 6.07) is 4.29. The van der Waals surface area contributed by atoms with Crippen LogP contribution in [0.25, 0.3) is 10.2 Å². The molecular formula is C14H17N5S2. The van der Waals surface area contributed by atoms with Gasteiger partial charge in [-0.2, -0.15) is 4.98 Å². The van der Waals surface area contributed by atoms with E-state index in [2.05, 4.69) is 52.1 Å². The number of hydrogen-bond acceptors (Lipinski definition) is 7. The van der Waals surface area contributed by atoms with E-state index >= 15 is 0 Å². The molecule has 3 rings (SSSR count). The van der Waals surface area contributed by atoms with Crippen molar-refractivity contribution < 1.29 is 0 Å². The fourth-order valence-corrected chi connectivity index (χ4v) is 3.91. The van der Waals surface area contributed by atoms with Gasteiger partial charge < -0.3 is 5.32 Å². The number of hydrazine groups is 1. The second-order valence-corrected chi connectivity index (χ2v) is 6.82. The zero-order chi connectivity index (χ0) is 14.8. The van der Waals surface area contributed by atoms with Gasteiger partial charge in [-0.15, -0.1) is 22.7 Å². The molecule has 0 radical (unpaired) electrons. The zero-order valence-corrected chi connectivity index (χ0v) is 13.6. The van der Waals surface area contributed by atoms with Crippen molar-refractivity contribution in [2.24, 2.45) is 5.84 Å². The van der Waals surface area contributed by atoms with Crippen molar-refractivity contribution >= 4 is 44.7 Å². The molecule has 21 heavy (non-hydrogen) atoms. The van der Waals surface area contributed by atoms with E-state index in [4.69, 9.17) is 5.84 Å². The lowest BCUT2D eigenvalue weighted by atomic mass is 10.3. The maximum Gasteiger partial charge on any atom is 0.240 e. The Morgan fingerprint density at radius 3 is 2.86 bits per heavy atom. The topological polar surface area (TPSA) is 75.9 Å². The molecule has 5 nitrogen and oxygen atoms in total. The highest BCUT2D eigenvalue weighted by Gasteiger charge is 2.11. The Kier molecular flexibility index (Phi) is 4.05. The van der Waals surface area contributed by atoms with Crippen molar-refractivity contribution in [3.05, 3.63) is 32.8 Å². The van der Waals surface area contributed by atoms with Crippen LogP contribution in [0.2, 0.25) is 0 Å². The van der Waals surface area contributed by atoms with Crippen LogP contribution < -0.4 is 16.6 Å². The normalized spacial score (nSPS) is 11.0. The minimum atomic E-state index is 0.442. The van der Waals surface area contributed by atoms with Gasteiger partial charge in [0.1, 0.15) is 10.6 Å². The average Bonchev–Trinajstić information content (AvgIpc) is 3.10. The van der Waals surface area contributed by atoms with Gasteiger partial charge in [-0.3, -0.25) is 5.43 Å². The van der Waals surface area contributed by atoms with E-state index in [1.165, 1.54) is 15.3 Å². The van der Waals surface area contributed by atoms with Gasteiger partial charge in [0.05, 0.1) is 11.9 Å². The molecular weight excluding hydrogens is 302 g/mol. The second-order valence-electron chi connectivity index (χ2n) is 4.71. The number of fused-ring (bicyclic) bond motifs is 1. The Morgan fingerprint density at radius 2 is 2.19 bits per heavy atom. The van der Waals surface area contributed by atoms with E-state index in [0.29, 0.717) is 5.95 Å². The zero-order valence-electron chi connectivity index (χ0n) is 11.9. The molecule has 0 amide bonds. The summed E-state index contributed by atoms with van der Waals surface area (Å²) in [7, 11) is 0. The molecule has 0 aromatic carbocycles. The van der Waals surface area contributed by atoms with Crippen molar-refractivity contribution in [2.75, 3.05) is 10.7 Å². The van der Waals surface area contributed by atoms with Crippen LogP contribution in [0.15, 0.2) is 17.5 Å². The Labute approximate surface area is 131 Å². The first-order valence-corrected chi connectivity index (χ1v) is 8.44. The number of hydrogen-bond donors (Lipinski definition) is 3. The van der Waals surface area contributed by atoms with Crippen molar-refractivity contribution in [3.63, 3.8) is 0 Å². The van der Waals surface area contributed by atoms with Crippen molar-refractivity contribution in [1.82, 2.24) is 9.97 Å². The van der Waals surface area contributed by atoms with Crippen LogP contribution in [0, 0.1) is 6.92 Å². The van der Waals surface area contributed by atoms with Gasteiger partial charge in [0.2, 0.25) is 5.95 Å². The molecule has 0 aliphatic heterocycles. The van der Waals surface area contributed by atoms with Crippen molar-refractivity contribution in [2.45, 2.75) is 26.8 Å². The SMILES string of the molecule is CCc1cc2c(NCc3sccc3C)nc(NN)nc2s1. The summed E-state index contributed by atoms with van der Waals surface area (Å²) < 4.78 is 0. The maximum atomic E-state index is 5.47. The lowest BCUT2D eigenvalue weighted by Gasteiger charge is -2.08. The third kappa shape index (κ3) is 2.85. The van der Waals surface area contributed by atoms with Crippen LogP contribution in [0.4, 0.5) is 11.8 Å². The first-order chi connectivity index (χ1) is 10.2. The highest BCUT2D eigenvalue weighted by atomic mass is 32.1. The Bertz CT molecular complexity index is 762. The number of thiophene rings is 2. The van der Waals surface area contributed by atoms with Crippen molar-refractivity contribution in [1.29, 1.82) is 0 Å². The number of nitrogens with zero attached hydrogens (tertiary/aromatic N) is 2. The molecule has 7 heteroatoms. The van der Waals surface area contributed by atoms with Gasteiger partial charge >= 0.3 is 0 Å². The molecule has 0 aliphatic carbocycles. The van der Waals surface area contributed by atoms with E-state index in [1.54, 1.807) is 22.7 Å². The van der Waals surface area contributed by atoms with Crippen LogP contribution in [-0.4, -0.2) is 9.97 Å². The summed E-state index contributed by atoms with van der Waals surface area (Å²) in [5.74, 6) is 6.74. The van der Waals surface area contributed by atoms with Gasteiger partial charge in [0.25, 0.3) is 0 Å². The number of nitrogen functional groups attached to an aromatic ring is 1. The summed E-state index contributed by atoms with van der Waals surface area (Å²) in [5.41, 5.74) is 3.84. The van der Waals surface area contributed by atoms with Crippen LogP contribution in [0.5, 0.6) is 0 Å². The first-order valence-electron chi connectivity index (χ1n) is 6.75. The number of rotatable bonds is 5. The third-order valence-electron chi connectivity index (χ3n) is 3.31. The highest BCUT2D eigenvalue weighted by Crippen LogP contribution is 2.30. The molecule has 110 valence electrons. The number of nitrogens with two attached hydrogens (primary N) is 1. The van der Waals surface area contributed by atoms with E-state index in [-0.39, 0.29) is 0 Å². The van der Waals surface area contributed by atoms with E-state index < -0.39 is 0 Å². The average molecular weight is 319 g/mol. The van der Waals surface area contributed by atoms with Crippen LogP contribution >= 0.6 is 22.7 Å². The van der Waals surface area contributed by atoms with E-state index in [1.807, 2.05) is 0 Å².